The highest BCUT2D eigenvalue weighted by Gasteiger charge is 2.01. The number of hydrogen-bond donors (Lipinski definition) is 1. The van der Waals surface area contributed by atoms with Gasteiger partial charge >= 0.3 is 0 Å². The van der Waals surface area contributed by atoms with Crippen molar-refractivity contribution >= 4 is 11.3 Å². The first-order valence-electron chi connectivity index (χ1n) is 5.51. The van der Waals surface area contributed by atoms with Gasteiger partial charge in [-0.1, -0.05) is 0 Å². The third-order valence-electron chi connectivity index (χ3n) is 2.41. The molecule has 2 heterocycles. The van der Waals surface area contributed by atoms with Crippen molar-refractivity contribution in [3.63, 3.8) is 0 Å². The summed E-state index contributed by atoms with van der Waals surface area (Å²) in [4.78, 5) is 0. The van der Waals surface area contributed by atoms with Crippen LogP contribution in [0.4, 0.5) is 0 Å². The second kappa shape index (κ2) is 5.27. The van der Waals surface area contributed by atoms with E-state index in [9.17, 15) is 0 Å². The summed E-state index contributed by atoms with van der Waals surface area (Å²) in [6.45, 7) is 6.01. The summed E-state index contributed by atoms with van der Waals surface area (Å²) >= 11 is 1.73. The minimum Gasteiger partial charge on any atom is -0.307 e. The molecule has 2 aromatic rings. The fraction of sp³-hybridized carbons (Fsp3) is 0.417. The van der Waals surface area contributed by atoms with Crippen LogP contribution in [0.2, 0.25) is 0 Å². The van der Waals surface area contributed by atoms with Crippen LogP contribution in [-0.2, 0) is 13.1 Å². The van der Waals surface area contributed by atoms with Gasteiger partial charge in [0.2, 0.25) is 0 Å². The molecule has 0 aromatic carbocycles. The first-order valence-corrected chi connectivity index (χ1v) is 6.46. The molecule has 0 saturated carbocycles. The summed E-state index contributed by atoms with van der Waals surface area (Å²) in [6, 6.07) is 4.65. The van der Waals surface area contributed by atoms with Gasteiger partial charge in [-0.15, -0.1) is 0 Å². The normalized spacial score (nSPS) is 11.2. The van der Waals surface area contributed by atoms with Crippen LogP contribution >= 0.6 is 11.3 Å². The third kappa shape index (κ3) is 2.93. The number of thiophene rings is 1. The highest BCUT2D eigenvalue weighted by molar-refractivity contribution is 7.07. The first-order chi connectivity index (χ1) is 7.75. The van der Waals surface area contributed by atoms with Crippen LogP contribution in [0.5, 0.6) is 0 Å². The highest BCUT2D eigenvalue weighted by Crippen LogP contribution is 2.06. The van der Waals surface area contributed by atoms with Gasteiger partial charge in [0.05, 0.1) is 5.69 Å². The molecular weight excluding hydrogens is 218 g/mol. The van der Waals surface area contributed by atoms with Crippen LogP contribution in [0.3, 0.4) is 0 Å². The van der Waals surface area contributed by atoms with E-state index in [0.29, 0.717) is 6.04 Å². The van der Waals surface area contributed by atoms with Gasteiger partial charge < -0.3 is 5.32 Å². The van der Waals surface area contributed by atoms with Crippen LogP contribution in [0.25, 0.3) is 0 Å². The van der Waals surface area contributed by atoms with Crippen LogP contribution in [-0.4, -0.2) is 9.78 Å². The lowest BCUT2D eigenvalue weighted by molar-refractivity contribution is 0.521. The van der Waals surface area contributed by atoms with Crippen molar-refractivity contribution in [3.8, 4) is 0 Å². The molecule has 0 radical (unpaired) electrons. The van der Waals surface area contributed by atoms with Crippen molar-refractivity contribution < 1.29 is 0 Å². The van der Waals surface area contributed by atoms with Crippen molar-refractivity contribution in [3.05, 3.63) is 40.3 Å². The van der Waals surface area contributed by atoms with Gasteiger partial charge in [-0.2, -0.15) is 16.4 Å². The SMILES string of the molecule is CC(C)n1ccc(CNCc2ccsc2)n1. The molecule has 16 heavy (non-hydrogen) atoms. The second-order valence-corrected chi connectivity index (χ2v) is 4.90. The maximum atomic E-state index is 4.49. The molecule has 0 bridgehead atoms. The quantitative estimate of drug-likeness (QED) is 0.863. The third-order valence-corrected chi connectivity index (χ3v) is 3.14. The highest BCUT2D eigenvalue weighted by atomic mass is 32.1. The lowest BCUT2D eigenvalue weighted by atomic mass is 10.3. The van der Waals surface area contributed by atoms with E-state index in [0.717, 1.165) is 18.8 Å². The Morgan fingerprint density at radius 1 is 1.38 bits per heavy atom. The summed E-state index contributed by atoms with van der Waals surface area (Å²) < 4.78 is 1.99. The molecule has 0 aliphatic heterocycles. The van der Waals surface area contributed by atoms with Gasteiger partial charge in [0.25, 0.3) is 0 Å². The van der Waals surface area contributed by atoms with Crippen molar-refractivity contribution in [1.29, 1.82) is 0 Å². The van der Waals surface area contributed by atoms with E-state index in [1.807, 2.05) is 10.9 Å². The molecule has 0 saturated heterocycles. The van der Waals surface area contributed by atoms with E-state index in [2.05, 4.69) is 47.2 Å². The van der Waals surface area contributed by atoms with Gasteiger partial charge in [0.1, 0.15) is 0 Å². The first kappa shape index (κ1) is 11.4. The van der Waals surface area contributed by atoms with E-state index in [1.54, 1.807) is 11.3 Å². The maximum absolute atomic E-state index is 4.49. The average Bonchev–Trinajstić information content (AvgIpc) is 2.87. The second-order valence-electron chi connectivity index (χ2n) is 4.12. The summed E-state index contributed by atoms with van der Waals surface area (Å²) in [6.07, 6.45) is 2.03. The summed E-state index contributed by atoms with van der Waals surface area (Å²) in [5, 5.41) is 12.1. The summed E-state index contributed by atoms with van der Waals surface area (Å²) in [5.41, 5.74) is 2.44. The van der Waals surface area contributed by atoms with Crippen LogP contribution in [0.1, 0.15) is 31.1 Å². The Kier molecular flexibility index (Phi) is 3.74. The van der Waals surface area contributed by atoms with E-state index in [1.165, 1.54) is 5.56 Å². The average molecular weight is 235 g/mol. The molecule has 2 rings (SSSR count). The predicted molar refractivity (Wildman–Crippen MR) is 67.5 cm³/mol. The van der Waals surface area contributed by atoms with Crippen molar-refractivity contribution in [1.82, 2.24) is 15.1 Å². The predicted octanol–water partition coefficient (Wildman–Crippen LogP) is 2.82. The monoisotopic (exact) mass is 235 g/mol. The summed E-state index contributed by atoms with van der Waals surface area (Å²) in [5.74, 6) is 0. The molecule has 0 unspecified atom stereocenters. The molecule has 0 fully saturated rings. The number of nitrogens with one attached hydrogen (secondary N) is 1. The molecule has 3 nitrogen and oxygen atoms in total. The Labute approximate surface area is 100 Å². The molecule has 0 atom stereocenters. The Morgan fingerprint density at radius 2 is 2.25 bits per heavy atom. The fourth-order valence-corrected chi connectivity index (χ4v) is 2.16. The maximum Gasteiger partial charge on any atom is 0.0762 e. The molecule has 86 valence electrons. The zero-order chi connectivity index (χ0) is 11.4. The lowest BCUT2D eigenvalue weighted by Crippen LogP contribution is -2.13. The molecular formula is C12H17N3S. The zero-order valence-corrected chi connectivity index (χ0v) is 10.5. The Balaban J connectivity index is 1.81. The molecule has 2 aromatic heterocycles. The van der Waals surface area contributed by atoms with Crippen molar-refractivity contribution in [2.75, 3.05) is 0 Å². The molecule has 0 amide bonds. The summed E-state index contributed by atoms with van der Waals surface area (Å²) in [7, 11) is 0. The van der Waals surface area contributed by atoms with Crippen LogP contribution in [0.15, 0.2) is 29.1 Å². The Bertz CT molecular complexity index is 417. The molecule has 1 N–H and O–H groups in total. The standard InChI is InChI=1S/C12H17N3S/c1-10(2)15-5-3-12(14-15)8-13-7-11-4-6-16-9-11/h3-6,9-10,13H,7-8H2,1-2H3. The van der Waals surface area contributed by atoms with Crippen LogP contribution in [0, 0.1) is 0 Å². The van der Waals surface area contributed by atoms with Gasteiger partial charge in [0, 0.05) is 25.3 Å². The number of hydrogen-bond acceptors (Lipinski definition) is 3. The number of rotatable bonds is 5. The van der Waals surface area contributed by atoms with Gasteiger partial charge in [-0.05, 0) is 42.3 Å². The number of nitrogens with zero attached hydrogens (tertiary/aromatic N) is 2. The minimum atomic E-state index is 0.436. The van der Waals surface area contributed by atoms with Crippen LogP contribution < -0.4 is 5.32 Å². The number of aromatic nitrogens is 2. The van der Waals surface area contributed by atoms with Gasteiger partial charge in [-0.3, -0.25) is 4.68 Å². The van der Waals surface area contributed by atoms with E-state index in [4.69, 9.17) is 0 Å². The largest absolute Gasteiger partial charge is 0.307 e. The topological polar surface area (TPSA) is 29.9 Å². The molecule has 0 aliphatic rings. The van der Waals surface area contributed by atoms with E-state index < -0.39 is 0 Å². The molecule has 0 spiro atoms. The fourth-order valence-electron chi connectivity index (χ4n) is 1.49. The minimum absolute atomic E-state index is 0.436. The van der Waals surface area contributed by atoms with E-state index >= 15 is 0 Å². The Hall–Kier alpha value is -1.13. The van der Waals surface area contributed by atoms with E-state index in [-0.39, 0.29) is 0 Å². The molecule has 0 aliphatic carbocycles. The van der Waals surface area contributed by atoms with Gasteiger partial charge in [0.15, 0.2) is 0 Å². The molecule has 4 heteroatoms. The van der Waals surface area contributed by atoms with Crippen molar-refractivity contribution in [2.24, 2.45) is 0 Å². The zero-order valence-electron chi connectivity index (χ0n) is 9.68. The lowest BCUT2D eigenvalue weighted by Gasteiger charge is -2.04. The van der Waals surface area contributed by atoms with Gasteiger partial charge in [-0.25, -0.2) is 0 Å². The van der Waals surface area contributed by atoms with Crippen molar-refractivity contribution in [2.45, 2.75) is 33.0 Å². The smallest absolute Gasteiger partial charge is 0.0762 e. The Morgan fingerprint density at radius 3 is 2.88 bits per heavy atom.